The molecule has 94 valence electrons. The highest BCUT2D eigenvalue weighted by Gasteiger charge is 2.08. The van der Waals surface area contributed by atoms with Gasteiger partial charge in [-0.1, -0.05) is 12.1 Å². The average Bonchev–Trinajstić information content (AvgIpc) is 2.76. The topological polar surface area (TPSA) is 83.8 Å². The fourth-order valence-corrected chi connectivity index (χ4v) is 1.65. The lowest BCUT2D eigenvalue weighted by molar-refractivity contribution is 0.102. The highest BCUT2D eigenvalue weighted by Crippen LogP contribution is 2.11. The lowest BCUT2D eigenvalue weighted by Gasteiger charge is -2.05. The van der Waals surface area contributed by atoms with Crippen molar-refractivity contribution in [3.05, 3.63) is 47.2 Å². The lowest BCUT2D eigenvalue weighted by Crippen LogP contribution is -2.13. The molecule has 1 aromatic carbocycles. The van der Waals surface area contributed by atoms with E-state index in [1.165, 1.54) is 0 Å². The Morgan fingerprint density at radius 2 is 2.11 bits per heavy atom. The number of carbonyl (C=O) groups excluding carboxylic acids is 1. The second kappa shape index (κ2) is 5.46. The van der Waals surface area contributed by atoms with Gasteiger partial charge in [-0.05, 0) is 37.6 Å². The maximum Gasteiger partial charge on any atom is 0.256 e. The highest BCUT2D eigenvalue weighted by atomic mass is 16.1. The van der Waals surface area contributed by atoms with Crippen LogP contribution in [-0.2, 0) is 6.42 Å². The second-order valence-electron chi connectivity index (χ2n) is 4.12. The van der Waals surface area contributed by atoms with Gasteiger partial charge in [0, 0.05) is 11.1 Å². The van der Waals surface area contributed by atoms with Crippen LogP contribution < -0.4 is 11.1 Å². The third-order valence-electron chi connectivity index (χ3n) is 2.72. The van der Waals surface area contributed by atoms with Gasteiger partial charge in [0.25, 0.3) is 5.91 Å². The zero-order chi connectivity index (χ0) is 13.0. The molecule has 0 aliphatic heterocycles. The molecule has 0 saturated carbocycles. The summed E-state index contributed by atoms with van der Waals surface area (Å²) < 4.78 is 0. The Balaban J connectivity index is 2.07. The molecule has 0 fully saturated rings. The second-order valence-corrected chi connectivity index (χ2v) is 4.12. The molecular formula is C13H16N4O. The monoisotopic (exact) mass is 244 g/mol. The highest BCUT2D eigenvalue weighted by molar-refractivity contribution is 6.04. The number of rotatable bonds is 4. The van der Waals surface area contributed by atoms with Crippen molar-refractivity contribution in [2.45, 2.75) is 13.3 Å². The van der Waals surface area contributed by atoms with Crippen LogP contribution in [0.2, 0.25) is 0 Å². The van der Waals surface area contributed by atoms with E-state index in [2.05, 4.69) is 15.5 Å². The van der Waals surface area contributed by atoms with Gasteiger partial charge < -0.3 is 11.1 Å². The number of aromatic amines is 1. The van der Waals surface area contributed by atoms with Crippen molar-refractivity contribution in [3.8, 4) is 0 Å². The first-order valence-electron chi connectivity index (χ1n) is 5.81. The van der Waals surface area contributed by atoms with E-state index in [-0.39, 0.29) is 5.91 Å². The Kier molecular flexibility index (Phi) is 3.74. The Hall–Kier alpha value is -2.14. The summed E-state index contributed by atoms with van der Waals surface area (Å²) in [7, 11) is 0. The Morgan fingerprint density at radius 3 is 2.67 bits per heavy atom. The van der Waals surface area contributed by atoms with E-state index in [4.69, 9.17) is 5.73 Å². The first-order chi connectivity index (χ1) is 8.70. The summed E-state index contributed by atoms with van der Waals surface area (Å²) in [5.74, 6) is 0.479. The minimum absolute atomic E-state index is 0.151. The van der Waals surface area contributed by atoms with Crippen molar-refractivity contribution in [1.82, 2.24) is 10.2 Å². The van der Waals surface area contributed by atoms with Crippen LogP contribution in [0.1, 0.15) is 21.5 Å². The maximum atomic E-state index is 11.9. The van der Waals surface area contributed by atoms with Gasteiger partial charge in [-0.15, -0.1) is 0 Å². The first kappa shape index (κ1) is 12.3. The van der Waals surface area contributed by atoms with E-state index in [1.807, 2.05) is 19.1 Å². The van der Waals surface area contributed by atoms with Gasteiger partial charge in [-0.2, -0.15) is 5.10 Å². The molecule has 0 saturated heterocycles. The van der Waals surface area contributed by atoms with Gasteiger partial charge in [0.1, 0.15) is 5.82 Å². The van der Waals surface area contributed by atoms with Gasteiger partial charge in [0.2, 0.25) is 0 Å². The maximum absolute atomic E-state index is 11.9. The van der Waals surface area contributed by atoms with E-state index in [0.29, 0.717) is 17.9 Å². The molecule has 2 aromatic rings. The van der Waals surface area contributed by atoms with E-state index in [1.54, 1.807) is 18.3 Å². The molecule has 0 bridgehead atoms. The fourth-order valence-electron chi connectivity index (χ4n) is 1.65. The molecule has 5 nitrogen and oxygen atoms in total. The smallest absolute Gasteiger partial charge is 0.256 e. The van der Waals surface area contributed by atoms with E-state index < -0.39 is 0 Å². The molecular weight excluding hydrogens is 228 g/mol. The SMILES string of the molecule is Cc1cn[nH]c1NC(=O)c1ccc(CCN)cc1. The number of hydrogen-bond donors (Lipinski definition) is 3. The lowest BCUT2D eigenvalue weighted by atomic mass is 10.1. The molecule has 0 spiro atoms. The number of nitrogens with one attached hydrogen (secondary N) is 2. The predicted octanol–water partition coefficient (Wildman–Crippen LogP) is 1.47. The number of H-pyrrole nitrogens is 1. The Bertz CT molecular complexity index is 530. The minimum Gasteiger partial charge on any atom is -0.330 e. The molecule has 1 amide bonds. The standard InChI is InChI=1S/C13H16N4O/c1-9-8-15-17-12(9)16-13(18)11-4-2-10(3-5-11)6-7-14/h2-5,8H,6-7,14H2,1H3,(H2,15,16,17,18). The number of amides is 1. The number of nitrogens with two attached hydrogens (primary N) is 1. The van der Waals surface area contributed by atoms with Gasteiger partial charge in [0.15, 0.2) is 0 Å². The summed E-state index contributed by atoms with van der Waals surface area (Å²) >= 11 is 0. The molecule has 1 heterocycles. The third kappa shape index (κ3) is 2.75. The van der Waals surface area contributed by atoms with Crippen LogP contribution in [0.3, 0.4) is 0 Å². The zero-order valence-corrected chi connectivity index (χ0v) is 10.2. The largest absolute Gasteiger partial charge is 0.330 e. The number of anilines is 1. The number of nitrogens with zero attached hydrogens (tertiary/aromatic N) is 1. The number of benzene rings is 1. The van der Waals surface area contributed by atoms with E-state index in [0.717, 1.165) is 17.5 Å². The molecule has 18 heavy (non-hydrogen) atoms. The predicted molar refractivity (Wildman–Crippen MR) is 70.5 cm³/mol. The van der Waals surface area contributed by atoms with Crippen molar-refractivity contribution >= 4 is 11.7 Å². The van der Waals surface area contributed by atoms with E-state index in [9.17, 15) is 4.79 Å². The van der Waals surface area contributed by atoms with Crippen molar-refractivity contribution < 1.29 is 4.79 Å². The summed E-state index contributed by atoms with van der Waals surface area (Å²) in [4.78, 5) is 11.9. The van der Waals surface area contributed by atoms with E-state index >= 15 is 0 Å². The quantitative estimate of drug-likeness (QED) is 0.761. The van der Waals surface area contributed by atoms with Crippen LogP contribution >= 0.6 is 0 Å². The zero-order valence-electron chi connectivity index (χ0n) is 10.2. The molecule has 0 aliphatic carbocycles. The average molecular weight is 244 g/mol. The Morgan fingerprint density at radius 1 is 1.39 bits per heavy atom. The fraction of sp³-hybridized carbons (Fsp3) is 0.231. The van der Waals surface area contributed by atoms with Crippen LogP contribution in [0.25, 0.3) is 0 Å². The molecule has 0 radical (unpaired) electrons. The molecule has 0 aliphatic rings. The number of carbonyl (C=O) groups is 1. The minimum atomic E-state index is -0.151. The van der Waals surface area contributed by atoms with Crippen molar-refractivity contribution in [2.24, 2.45) is 5.73 Å². The number of aromatic nitrogens is 2. The van der Waals surface area contributed by atoms with Crippen LogP contribution in [-0.4, -0.2) is 22.6 Å². The Labute approximate surface area is 105 Å². The molecule has 0 unspecified atom stereocenters. The number of hydrogen-bond acceptors (Lipinski definition) is 3. The van der Waals surface area contributed by atoms with Crippen molar-refractivity contribution in [2.75, 3.05) is 11.9 Å². The number of aryl methyl sites for hydroxylation is 1. The first-order valence-corrected chi connectivity index (χ1v) is 5.81. The molecule has 2 rings (SSSR count). The van der Waals surface area contributed by atoms with Crippen LogP contribution in [0, 0.1) is 6.92 Å². The summed E-state index contributed by atoms with van der Waals surface area (Å²) in [6.45, 7) is 2.49. The third-order valence-corrected chi connectivity index (χ3v) is 2.72. The van der Waals surface area contributed by atoms with Crippen molar-refractivity contribution in [3.63, 3.8) is 0 Å². The summed E-state index contributed by atoms with van der Waals surface area (Å²) in [5.41, 5.74) is 8.13. The van der Waals surface area contributed by atoms with Gasteiger partial charge in [-0.3, -0.25) is 9.89 Å². The van der Waals surface area contributed by atoms with Gasteiger partial charge in [0.05, 0.1) is 6.20 Å². The molecule has 5 heteroatoms. The van der Waals surface area contributed by atoms with Crippen LogP contribution in [0.5, 0.6) is 0 Å². The van der Waals surface area contributed by atoms with Gasteiger partial charge >= 0.3 is 0 Å². The molecule has 0 atom stereocenters. The summed E-state index contributed by atoms with van der Waals surface area (Å²) in [6, 6.07) is 7.43. The summed E-state index contributed by atoms with van der Waals surface area (Å²) in [5, 5.41) is 9.37. The normalized spacial score (nSPS) is 10.3. The van der Waals surface area contributed by atoms with Crippen molar-refractivity contribution in [1.29, 1.82) is 0 Å². The molecule has 1 aromatic heterocycles. The van der Waals surface area contributed by atoms with Gasteiger partial charge in [-0.25, -0.2) is 0 Å². The molecule has 4 N–H and O–H groups in total. The summed E-state index contributed by atoms with van der Waals surface area (Å²) in [6.07, 6.45) is 2.49. The van der Waals surface area contributed by atoms with Crippen LogP contribution in [0.4, 0.5) is 5.82 Å². The van der Waals surface area contributed by atoms with Crippen LogP contribution in [0.15, 0.2) is 30.5 Å².